The van der Waals surface area contributed by atoms with Crippen molar-refractivity contribution in [1.29, 1.82) is 0 Å². The highest BCUT2D eigenvalue weighted by molar-refractivity contribution is 7.72. The van der Waals surface area contributed by atoms with Gasteiger partial charge < -0.3 is 0 Å². The van der Waals surface area contributed by atoms with E-state index in [0.29, 0.717) is 10.2 Å². The van der Waals surface area contributed by atoms with Crippen LogP contribution in [0.25, 0.3) is 0 Å². The van der Waals surface area contributed by atoms with E-state index in [1.54, 1.807) is 6.20 Å². The Morgan fingerprint density at radius 2 is 1.79 bits per heavy atom. The summed E-state index contributed by atoms with van der Waals surface area (Å²) in [6.07, 6.45) is 1.72. The number of thiol groups is 1. The molecule has 106 valence electrons. The minimum Gasteiger partial charge on any atom is -0.296 e. The molecular formula is C11H15Cl2N3O2S. The predicted molar refractivity (Wildman–Crippen MR) is 76.3 cm³/mol. The van der Waals surface area contributed by atoms with Crippen molar-refractivity contribution in [1.82, 2.24) is 14.8 Å². The van der Waals surface area contributed by atoms with Crippen molar-refractivity contribution < 1.29 is 8.42 Å². The highest BCUT2D eigenvalue weighted by atomic mass is 35.5. The van der Waals surface area contributed by atoms with Gasteiger partial charge in [-0.2, -0.15) is 0 Å². The van der Waals surface area contributed by atoms with E-state index in [1.165, 1.54) is 0 Å². The van der Waals surface area contributed by atoms with Crippen LogP contribution in [-0.4, -0.2) is 55.3 Å². The normalized spacial score (nSPS) is 18.1. The van der Waals surface area contributed by atoms with Gasteiger partial charge in [0.2, 0.25) is 0 Å². The van der Waals surface area contributed by atoms with Crippen molar-refractivity contribution in [2.24, 2.45) is 0 Å². The number of halogens is 2. The molecule has 0 aliphatic carbocycles. The van der Waals surface area contributed by atoms with E-state index in [9.17, 15) is 8.42 Å². The van der Waals surface area contributed by atoms with Gasteiger partial charge in [-0.25, -0.2) is 13.4 Å². The fourth-order valence-corrected chi connectivity index (χ4v) is 2.96. The molecule has 0 bridgehead atoms. The molecule has 19 heavy (non-hydrogen) atoms. The number of hydrogen-bond acceptors (Lipinski definition) is 5. The van der Waals surface area contributed by atoms with Crippen molar-refractivity contribution >= 4 is 33.9 Å². The van der Waals surface area contributed by atoms with Crippen LogP contribution in [0.1, 0.15) is 5.56 Å². The van der Waals surface area contributed by atoms with E-state index < -0.39 is 10.7 Å². The Morgan fingerprint density at radius 1 is 1.16 bits per heavy atom. The summed E-state index contributed by atoms with van der Waals surface area (Å²) in [5, 5.41) is 0.774. The summed E-state index contributed by atoms with van der Waals surface area (Å²) in [5.41, 5.74) is 1.01. The molecule has 5 nitrogen and oxygen atoms in total. The zero-order chi connectivity index (χ0) is 13.8. The second kappa shape index (κ2) is 6.85. The first kappa shape index (κ1) is 15.0. The summed E-state index contributed by atoms with van der Waals surface area (Å²) in [7, 11) is -2.33. The Kier molecular flexibility index (Phi) is 5.41. The molecule has 0 unspecified atom stereocenters. The smallest absolute Gasteiger partial charge is 0.153 e. The maximum Gasteiger partial charge on any atom is 0.153 e. The van der Waals surface area contributed by atoms with E-state index in [-0.39, 0.29) is 5.88 Å². The first-order chi connectivity index (χ1) is 9.04. The molecule has 0 saturated carbocycles. The Labute approximate surface area is 124 Å². The van der Waals surface area contributed by atoms with Crippen LogP contribution < -0.4 is 0 Å². The molecule has 0 N–H and O–H groups in total. The molecule has 1 saturated heterocycles. The summed E-state index contributed by atoms with van der Waals surface area (Å²) in [6.45, 7) is 3.95. The lowest BCUT2D eigenvalue weighted by molar-refractivity contribution is 0.142. The van der Waals surface area contributed by atoms with E-state index >= 15 is 0 Å². The highest BCUT2D eigenvalue weighted by Crippen LogP contribution is 2.20. The van der Waals surface area contributed by atoms with Gasteiger partial charge >= 0.3 is 0 Å². The lowest BCUT2D eigenvalue weighted by Crippen LogP contribution is -2.46. The monoisotopic (exact) mass is 323 g/mol. The van der Waals surface area contributed by atoms with Crippen LogP contribution in [0.4, 0.5) is 0 Å². The topological polar surface area (TPSA) is 53.5 Å². The zero-order valence-corrected chi connectivity index (χ0v) is 12.7. The van der Waals surface area contributed by atoms with E-state index in [4.69, 9.17) is 23.2 Å². The molecule has 8 heteroatoms. The van der Waals surface area contributed by atoms with Gasteiger partial charge in [0.15, 0.2) is 10.7 Å². The number of nitrogens with zero attached hydrogens (tertiary/aromatic N) is 3. The predicted octanol–water partition coefficient (Wildman–Crippen LogP) is 1.07. The molecule has 1 aliphatic rings. The van der Waals surface area contributed by atoms with Crippen molar-refractivity contribution in [2.45, 2.75) is 6.54 Å². The summed E-state index contributed by atoms with van der Waals surface area (Å²) in [5.74, 6) is 0.150. The summed E-state index contributed by atoms with van der Waals surface area (Å²) in [6, 6.07) is 1.82. The van der Waals surface area contributed by atoms with Gasteiger partial charge in [-0.15, -0.1) is 0 Å². The Hall–Kier alpha value is -0.400. The average molecular weight is 324 g/mol. The minimum absolute atomic E-state index is 0.150. The molecule has 0 spiro atoms. The van der Waals surface area contributed by atoms with Crippen LogP contribution in [0.15, 0.2) is 12.3 Å². The van der Waals surface area contributed by atoms with Crippen LogP contribution in [0.5, 0.6) is 0 Å². The summed E-state index contributed by atoms with van der Waals surface area (Å²) < 4.78 is 21.3. The summed E-state index contributed by atoms with van der Waals surface area (Å²) >= 11 is 11.7. The quantitative estimate of drug-likeness (QED) is 0.663. The molecule has 0 radical (unpaired) electrons. The Morgan fingerprint density at radius 3 is 2.37 bits per heavy atom. The molecule has 1 aliphatic heterocycles. The Balaban J connectivity index is 1.86. The molecule has 1 aromatic heterocycles. The van der Waals surface area contributed by atoms with Crippen LogP contribution >= 0.6 is 23.2 Å². The second-order valence-corrected chi connectivity index (χ2v) is 6.20. The fraction of sp³-hybridized carbons (Fsp3) is 0.545. The van der Waals surface area contributed by atoms with Gasteiger partial charge in [0.1, 0.15) is 5.15 Å². The molecule has 0 amide bonds. The number of rotatable bonds is 4. The number of piperazine rings is 1. The van der Waals surface area contributed by atoms with Crippen molar-refractivity contribution in [3.8, 4) is 0 Å². The average Bonchev–Trinajstić information content (AvgIpc) is 2.36. The first-order valence-corrected chi connectivity index (χ1v) is 8.03. The number of pyridine rings is 1. The third-order valence-electron chi connectivity index (χ3n) is 3.04. The maximum atomic E-state index is 10.7. The van der Waals surface area contributed by atoms with E-state index in [2.05, 4.69) is 9.88 Å². The molecule has 0 atom stereocenters. The molecule has 1 fully saturated rings. The fourth-order valence-electron chi connectivity index (χ4n) is 2.06. The van der Waals surface area contributed by atoms with Gasteiger partial charge in [0.25, 0.3) is 0 Å². The van der Waals surface area contributed by atoms with Crippen LogP contribution in [-0.2, 0) is 17.2 Å². The molecule has 1 aromatic rings. The van der Waals surface area contributed by atoms with Gasteiger partial charge in [-0.05, 0) is 11.6 Å². The lowest BCUT2D eigenvalue weighted by atomic mass is 10.2. The third-order valence-corrected chi connectivity index (χ3v) is 4.36. The van der Waals surface area contributed by atoms with Crippen LogP contribution in [0.3, 0.4) is 0 Å². The van der Waals surface area contributed by atoms with Crippen molar-refractivity contribution in [3.05, 3.63) is 28.0 Å². The summed E-state index contributed by atoms with van der Waals surface area (Å²) in [4.78, 5) is 8.20. The van der Waals surface area contributed by atoms with Crippen LogP contribution in [0.2, 0.25) is 10.2 Å². The van der Waals surface area contributed by atoms with Gasteiger partial charge in [0.05, 0.1) is 10.9 Å². The van der Waals surface area contributed by atoms with Gasteiger partial charge in [0, 0.05) is 38.9 Å². The van der Waals surface area contributed by atoms with Gasteiger partial charge in [-0.1, -0.05) is 23.2 Å². The Bertz CT molecular complexity index is 509. The highest BCUT2D eigenvalue weighted by Gasteiger charge is 2.17. The maximum absolute atomic E-state index is 10.7. The zero-order valence-electron chi connectivity index (χ0n) is 10.3. The van der Waals surface area contributed by atoms with Crippen LogP contribution in [0, 0.1) is 0 Å². The largest absolute Gasteiger partial charge is 0.296 e. The number of hydrogen-bond donors (Lipinski definition) is 1. The molecule has 0 aromatic carbocycles. The van der Waals surface area contributed by atoms with E-state index in [0.717, 1.165) is 38.3 Å². The molecule has 2 heterocycles. The third kappa shape index (κ3) is 4.57. The number of aromatic nitrogens is 1. The second-order valence-electron chi connectivity index (χ2n) is 4.48. The van der Waals surface area contributed by atoms with Crippen molar-refractivity contribution in [3.63, 3.8) is 0 Å². The minimum atomic E-state index is -2.33. The molecule has 2 rings (SSSR count). The van der Waals surface area contributed by atoms with Gasteiger partial charge in [-0.3, -0.25) is 9.80 Å². The standard InChI is InChI=1S/C11H15Cl2N3O2S/c12-10-5-9(6-14-11(10)13)7-15-1-3-16(4-2-15)8-19(17)18/h5-6,19H,1-4,7-8H2. The van der Waals surface area contributed by atoms with Crippen molar-refractivity contribution in [2.75, 3.05) is 32.1 Å². The lowest BCUT2D eigenvalue weighted by Gasteiger charge is -2.33. The van der Waals surface area contributed by atoms with E-state index in [1.807, 2.05) is 11.0 Å². The first-order valence-electron chi connectivity index (χ1n) is 5.91. The SMILES string of the molecule is O=[SH](=O)CN1CCN(Cc2cnc(Cl)c(Cl)c2)CC1. The molecular weight excluding hydrogens is 309 g/mol.